The van der Waals surface area contributed by atoms with E-state index in [4.69, 9.17) is 0 Å². The van der Waals surface area contributed by atoms with Gasteiger partial charge < -0.3 is 4.90 Å². The molecule has 1 aliphatic rings. The highest BCUT2D eigenvalue weighted by Gasteiger charge is 2.45. The molecule has 2 aromatic carbocycles. The van der Waals surface area contributed by atoms with Crippen molar-refractivity contribution in [3.63, 3.8) is 0 Å². The van der Waals surface area contributed by atoms with E-state index in [0.29, 0.717) is 6.54 Å². The molecule has 1 saturated heterocycles. The monoisotopic (exact) mass is 393 g/mol. The SMILES string of the molecule is CC(C)N(Cc1ccccc1)C(=O)CN1C(=O)C(=O)N(Cc2ccccc2)C1=O. The molecule has 2 aromatic rings. The zero-order valence-corrected chi connectivity index (χ0v) is 16.4. The number of nitrogens with zero attached hydrogens (tertiary/aromatic N) is 3. The molecule has 0 spiro atoms. The third-order valence-corrected chi connectivity index (χ3v) is 4.75. The van der Waals surface area contributed by atoms with Crippen LogP contribution >= 0.6 is 0 Å². The molecule has 7 heteroatoms. The minimum absolute atomic E-state index is 0.00710. The molecule has 0 saturated carbocycles. The second-order valence-corrected chi connectivity index (χ2v) is 7.15. The van der Waals surface area contributed by atoms with Crippen molar-refractivity contribution in [1.82, 2.24) is 14.7 Å². The maximum Gasteiger partial charge on any atom is 0.335 e. The summed E-state index contributed by atoms with van der Waals surface area (Å²) in [5, 5.41) is 0. The maximum absolute atomic E-state index is 12.9. The summed E-state index contributed by atoms with van der Waals surface area (Å²) in [6.07, 6.45) is 0. The van der Waals surface area contributed by atoms with Crippen molar-refractivity contribution in [2.75, 3.05) is 6.54 Å². The molecule has 150 valence electrons. The third kappa shape index (κ3) is 4.51. The third-order valence-electron chi connectivity index (χ3n) is 4.75. The number of urea groups is 1. The van der Waals surface area contributed by atoms with Crippen LogP contribution in [0, 0.1) is 0 Å². The second kappa shape index (κ2) is 8.68. The number of amides is 5. The van der Waals surface area contributed by atoms with Gasteiger partial charge in [0.15, 0.2) is 0 Å². The smallest absolute Gasteiger partial charge is 0.334 e. The van der Waals surface area contributed by atoms with Crippen LogP contribution in [0.25, 0.3) is 0 Å². The Labute approximate surface area is 169 Å². The van der Waals surface area contributed by atoms with Gasteiger partial charge in [-0.05, 0) is 25.0 Å². The van der Waals surface area contributed by atoms with Crippen molar-refractivity contribution in [2.45, 2.75) is 33.0 Å². The largest absolute Gasteiger partial charge is 0.335 e. The molecule has 29 heavy (non-hydrogen) atoms. The Bertz CT molecular complexity index is 912. The molecule has 1 heterocycles. The predicted molar refractivity (Wildman–Crippen MR) is 106 cm³/mol. The molecular weight excluding hydrogens is 370 g/mol. The van der Waals surface area contributed by atoms with Crippen molar-refractivity contribution >= 4 is 23.8 Å². The first-order chi connectivity index (χ1) is 13.9. The molecule has 0 N–H and O–H groups in total. The second-order valence-electron chi connectivity index (χ2n) is 7.15. The lowest BCUT2D eigenvalue weighted by Gasteiger charge is -2.28. The first-order valence-corrected chi connectivity index (χ1v) is 9.43. The molecule has 0 aliphatic carbocycles. The molecular formula is C22H23N3O4. The van der Waals surface area contributed by atoms with Gasteiger partial charge in [-0.1, -0.05) is 60.7 Å². The highest BCUT2D eigenvalue weighted by molar-refractivity contribution is 6.44. The van der Waals surface area contributed by atoms with Crippen LogP contribution in [0.1, 0.15) is 25.0 Å². The Kier molecular flexibility index (Phi) is 6.07. The van der Waals surface area contributed by atoms with Gasteiger partial charge in [-0.3, -0.25) is 19.3 Å². The van der Waals surface area contributed by atoms with Crippen LogP contribution in [0.5, 0.6) is 0 Å². The number of benzene rings is 2. The topological polar surface area (TPSA) is 78.0 Å². The summed E-state index contributed by atoms with van der Waals surface area (Å²) in [5.74, 6) is -2.27. The van der Waals surface area contributed by atoms with Crippen LogP contribution in [0.15, 0.2) is 60.7 Å². The van der Waals surface area contributed by atoms with Crippen molar-refractivity contribution in [3.8, 4) is 0 Å². The number of imide groups is 2. The van der Waals surface area contributed by atoms with Gasteiger partial charge in [-0.15, -0.1) is 0 Å². The van der Waals surface area contributed by atoms with E-state index >= 15 is 0 Å². The lowest BCUT2D eigenvalue weighted by atomic mass is 10.2. The number of carbonyl (C=O) groups is 4. The number of hydrogen-bond acceptors (Lipinski definition) is 4. The van der Waals surface area contributed by atoms with Gasteiger partial charge >= 0.3 is 17.8 Å². The zero-order chi connectivity index (χ0) is 21.0. The van der Waals surface area contributed by atoms with E-state index < -0.39 is 24.4 Å². The number of rotatable bonds is 7. The standard InChI is InChI=1S/C22H23N3O4/c1-16(2)23(13-17-9-5-3-6-10-17)19(26)15-25-21(28)20(27)24(22(25)29)14-18-11-7-4-8-12-18/h3-12,16H,13-15H2,1-2H3. The van der Waals surface area contributed by atoms with E-state index in [9.17, 15) is 19.2 Å². The van der Waals surface area contributed by atoms with Gasteiger partial charge in [-0.25, -0.2) is 9.69 Å². The summed E-state index contributed by atoms with van der Waals surface area (Å²) in [6.45, 7) is 3.62. The van der Waals surface area contributed by atoms with Gasteiger partial charge in [0.25, 0.3) is 0 Å². The van der Waals surface area contributed by atoms with E-state index in [1.54, 1.807) is 29.2 Å². The lowest BCUT2D eigenvalue weighted by molar-refractivity contribution is -0.145. The van der Waals surface area contributed by atoms with Gasteiger partial charge in [0.05, 0.1) is 6.54 Å². The van der Waals surface area contributed by atoms with Crippen molar-refractivity contribution < 1.29 is 19.2 Å². The van der Waals surface area contributed by atoms with E-state index in [2.05, 4.69) is 0 Å². The summed E-state index contributed by atoms with van der Waals surface area (Å²) < 4.78 is 0. The van der Waals surface area contributed by atoms with Gasteiger partial charge in [0, 0.05) is 12.6 Å². The summed E-state index contributed by atoms with van der Waals surface area (Å²) >= 11 is 0. The lowest BCUT2D eigenvalue weighted by Crippen LogP contribution is -2.45. The average molecular weight is 393 g/mol. The molecule has 0 atom stereocenters. The Morgan fingerprint density at radius 3 is 1.90 bits per heavy atom. The molecule has 1 aliphatic heterocycles. The van der Waals surface area contributed by atoms with E-state index in [0.717, 1.165) is 20.9 Å². The normalized spacial score (nSPS) is 14.1. The van der Waals surface area contributed by atoms with Crippen molar-refractivity contribution in [3.05, 3.63) is 71.8 Å². The van der Waals surface area contributed by atoms with E-state index in [-0.39, 0.29) is 18.5 Å². The summed E-state index contributed by atoms with van der Waals surface area (Å²) in [6, 6.07) is 17.5. The fourth-order valence-electron chi connectivity index (χ4n) is 3.16. The maximum atomic E-state index is 12.9. The molecule has 5 amide bonds. The highest BCUT2D eigenvalue weighted by atomic mass is 16.2. The molecule has 7 nitrogen and oxygen atoms in total. The molecule has 0 bridgehead atoms. The van der Waals surface area contributed by atoms with E-state index in [1.807, 2.05) is 50.2 Å². The number of carbonyl (C=O) groups excluding carboxylic acids is 4. The molecule has 0 radical (unpaired) electrons. The van der Waals surface area contributed by atoms with Crippen LogP contribution in [-0.2, 0) is 27.5 Å². The predicted octanol–water partition coefficient (Wildman–Crippen LogP) is 2.41. The van der Waals surface area contributed by atoms with Crippen molar-refractivity contribution in [2.24, 2.45) is 0 Å². The Morgan fingerprint density at radius 1 is 0.828 bits per heavy atom. The molecule has 1 fully saturated rings. The number of hydrogen-bond donors (Lipinski definition) is 0. The van der Waals surface area contributed by atoms with Crippen molar-refractivity contribution in [1.29, 1.82) is 0 Å². The quantitative estimate of drug-likeness (QED) is 0.535. The van der Waals surface area contributed by atoms with Gasteiger partial charge in [0.1, 0.15) is 6.54 Å². The molecule has 3 rings (SSSR count). The Morgan fingerprint density at radius 2 is 1.34 bits per heavy atom. The van der Waals surface area contributed by atoms with Gasteiger partial charge in [-0.2, -0.15) is 0 Å². The van der Waals surface area contributed by atoms with Crippen LogP contribution in [0.2, 0.25) is 0 Å². The first kappa shape index (κ1) is 20.3. The summed E-state index contributed by atoms with van der Waals surface area (Å²) in [5.41, 5.74) is 1.67. The Balaban J connectivity index is 1.72. The fraction of sp³-hybridized carbons (Fsp3) is 0.273. The summed E-state index contributed by atoms with van der Waals surface area (Å²) in [7, 11) is 0. The Hall–Kier alpha value is -3.48. The average Bonchev–Trinajstić information content (AvgIpc) is 2.91. The van der Waals surface area contributed by atoms with Crippen LogP contribution < -0.4 is 0 Å². The van der Waals surface area contributed by atoms with Gasteiger partial charge in [0.2, 0.25) is 5.91 Å². The fourth-order valence-corrected chi connectivity index (χ4v) is 3.16. The zero-order valence-electron chi connectivity index (χ0n) is 16.4. The minimum atomic E-state index is -0.970. The molecule has 0 unspecified atom stereocenters. The minimum Gasteiger partial charge on any atom is -0.334 e. The first-order valence-electron chi connectivity index (χ1n) is 9.43. The van der Waals surface area contributed by atoms with E-state index in [1.165, 1.54) is 0 Å². The van der Waals surface area contributed by atoms with Crippen LogP contribution in [-0.4, -0.2) is 51.0 Å². The summed E-state index contributed by atoms with van der Waals surface area (Å²) in [4.78, 5) is 53.3. The molecule has 0 aromatic heterocycles. The van der Waals surface area contributed by atoms with Crippen LogP contribution in [0.4, 0.5) is 4.79 Å². The highest BCUT2D eigenvalue weighted by Crippen LogP contribution is 2.17. The van der Waals surface area contributed by atoms with Crippen LogP contribution in [0.3, 0.4) is 0 Å².